The second kappa shape index (κ2) is 7.76. The van der Waals surface area contributed by atoms with Crippen LogP contribution < -0.4 is 0 Å². The predicted octanol–water partition coefficient (Wildman–Crippen LogP) is 1.12. The fourth-order valence-corrected chi connectivity index (χ4v) is 1.45. The lowest BCUT2D eigenvalue weighted by Crippen LogP contribution is -2.36. The zero-order valence-electron chi connectivity index (χ0n) is 8.95. The summed E-state index contributed by atoms with van der Waals surface area (Å²) in [4.78, 5) is 7.44. The highest BCUT2D eigenvalue weighted by Gasteiger charge is 2.08. The number of rotatable bonds is 6. The van der Waals surface area contributed by atoms with Gasteiger partial charge in [-0.15, -0.1) is 0 Å². The monoisotopic (exact) mass is 200 g/mol. The van der Waals surface area contributed by atoms with Crippen molar-refractivity contribution >= 4 is 6.21 Å². The normalized spacial score (nSPS) is 18.9. The van der Waals surface area contributed by atoms with E-state index in [1.165, 1.54) is 6.42 Å². The molecule has 1 fully saturated rings. The number of ether oxygens (including phenoxy) is 1. The van der Waals surface area contributed by atoms with Gasteiger partial charge in [0.15, 0.2) is 0 Å². The molecule has 0 N–H and O–H groups in total. The molecule has 0 spiro atoms. The molecule has 1 heterocycles. The van der Waals surface area contributed by atoms with Crippen LogP contribution in [0.15, 0.2) is 5.16 Å². The Morgan fingerprint density at radius 2 is 2.14 bits per heavy atom. The smallest absolute Gasteiger partial charge is 0.117 e. The van der Waals surface area contributed by atoms with Crippen LogP contribution in [0.4, 0.5) is 0 Å². The highest BCUT2D eigenvalue weighted by atomic mass is 16.6. The Hall–Kier alpha value is -0.610. The van der Waals surface area contributed by atoms with Crippen LogP contribution in [-0.4, -0.2) is 50.6 Å². The first-order chi connectivity index (χ1) is 6.93. The Morgan fingerprint density at radius 3 is 2.86 bits per heavy atom. The molecule has 0 radical (unpaired) electrons. The SMILES string of the molecule is CC=NOCCCCN1CCOCC1. The average molecular weight is 200 g/mol. The van der Waals surface area contributed by atoms with E-state index in [1.54, 1.807) is 6.21 Å². The third-order valence-electron chi connectivity index (χ3n) is 2.24. The summed E-state index contributed by atoms with van der Waals surface area (Å²) in [6, 6.07) is 0. The van der Waals surface area contributed by atoms with Crippen molar-refractivity contribution < 1.29 is 9.57 Å². The standard InChI is InChI=1S/C10H20N2O2/c1-2-11-14-8-4-3-5-12-6-9-13-10-7-12/h2H,3-10H2,1H3. The van der Waals surface area contributed by atoms with Crippen LogP contribution in [0.5, 0.6) is 0 Å². The van der Waals surface area contributed by atoms with E-state index in [-0.39, 0.29) is 0 Å². The topological polar surface area (TPSA) is 34.1 Å². The first kappa shape index (κ1) is 11.5. The molecule has 1 aliphatic heterocycles. The Kier molecular flexibility index (Phi) is 6.36. The quantitative estimate of drug-likeness (QED) is 0.366. The van der Waals surface area contributed by atoms with E-state index in [2.05, 4.69) is 10.1 Å². The van der Waals surface area contributed by atoms with Crippen LogP contribution in [0, 0.1) is 0 Å². The zero-order valence-corrected chi connectivity index (χ0v) is 8.95. The maximum absolute atomic E-state index is 5.27. The Bertz CT molecular complexity index is 156. The maximum Gasteiger partial charge on any atom is 0.117 e. The molecule has 0 aromatic carbocycles. The molecule has 1 rings (SSSR count). The van der Waals surface area contributed by atoms with Crippen molar-refractivity contribution in [2.75, 3.05) is 39.5 Å². The van der Waals surface area contributed by atoms with Gasteiger partial charge in [0.05, 0.1) is 13.2 Å². The van der Waals surface area contributed by atoms with Crippen LogP contribution in [0.3, 0.4) is 0 Å². The molecular weight excluding hydrogens is 180 g/mol. The molecule has 1 saturated heterocycles. The van der Waals surface area contributed by atoms with E-state index in [0.29, 0.717) is 0 Å². The maximum atomic E-state index is 5.27. The lowest BCUT2D eigenvalue weighted by atomic mass is 10.3. The minimum atomic E-state index is 0.731. The fourth-order valence-electron chi connectivity index (χ4n) is 1.45. The van der Waals surface area contributed by atoms with E-state index >= 15 is 0 Å². The number of morpholine rings is 1. The summed E-state index contributed by atoms with van der Waals surface area (Å²) in [5.41, 5.74) is 0. The third-order valence-corrected chi connectivity index (χ3v) is 2.24. The first-order valence-electron chi connectivity index (χ1n) is 5.33. The first-order valence-corrected chi connectivity index (χ1v) is 5.33. The van der Waals surface area contributed by atoms with Crippen LogP contribution in [0.2, 0.25) is 0 Å². The minimum Gasteiger partial charge on any atom is -0.396 e. The third kappa shape index (κ3) is 5.19. The summed E-state index contributed by atoms with van der Waals surface area (Å²) in [5.74, 6) is 0. The molecule has 0 saturated carbocycles. The molecule has 14 heavy (non-hydrogen) atoms. The molecule has 0 aromatic rings. The van der Waals surface area contributed by atoms with Crippen molar-refractivity contribution in [1.29, 1.82) is 0 Å². The van der Waals surface area contributed by atoms with E-state index in [0.717, 1.165) is 45.9 Å². The molecule has 0 aromatic heterocycles. The van der Waals surface area contributed by atoms with Gasteiger partial charge in [0.25, 0.3) is 0 Å². The molecule has 82 valence electrons. The van der Waals surface area contributed by atoms with Crippen molar-refractivity contribution in [3.05, 3.63) is 0 Å². The summed E-state index contributed by atoms with van der Waals surface area (Å²) in [5, 5.41) is 3.70. The van der Waals surface area contributed by atoms with E-state index in [1.807, 2.05) is 6.92 Å². The highest BCUT2D eigenvalue weighted by molar-refractivity contribution is 5.52. The van der Waals surface area contributed by atoms with Crippen LogP contribution >= 0.6 is 0 Å². The summed E-state index contributed by atoms with van der Waals surface area (Å²) < 4.78 is 5.27. The second-order valence-electron chi connectivity index (χ2n) is 3.36. The van der Waals surface area contributed by atoms with E-state index in [4.69, 9.17) is 9.57 Å². The van der Waals surface area contributed by atoms with Gasteiger partial charge < -0.3 is 9.57 Å². The van der Waals surface area contributed by atoms with Gasteiger partial charge in [-0.1, -0.05) is 5.16 Å². The summed E-state index contributed by atoms with van der Waals surface area (Å²) in [6.07, 6.45) is 3.93. The summed E-state index contributed by atoms with van der Waals surface area (Å²) in [6.45, 7) is 7.67. The number of oxime groups is 1. The summed E-state index contributed by atoms with van der Waals surface area (Å²) >= 11 is 0. The van der Waals surface area contributed by atoms with Gasteiger partial charge >= 0.3 is 0 Å². The Balaban J connectivity index is 1.87. The number of hydrogen-bond donors (Lipinski definition) is 0. The molecular formula is C10H20N2O2. The molecule has 0 amide bonds. The molecule has 0 aliphatic carbocycles. The van der Waals surface area contributed by atoms with Crippen molar-refractivity contribution in [2.24, 2.45) is 5.16 Å². The Morgan fingerprint density at radius 1 is 1.36 bits per heavy atom. The zero-order chi connectivity index (χ0) is 10.1. The van der Waals surface area contributed by atoms with Gasteiger partial charge in [-0.3, -0.25) is 4.90 Å². The Labute approximate surface area is 85.9 Å². The number of unbranched alkanes of at least 4 members (excludes halogenated alkanes) is 1. The van der Waals surface area contributed by atoms with Crippen LogP contribution in [0.1, 0.15) is 19.8 Å². The van der Waals surface area contributed by atoms with E-state index in [9.17, 15) is 0 Å². The van der Waals surface area contributed by atoms with E-state index < -0.39 is 0 Å². The van der Waals surface area contributed by atoms with Crippen LogP contribution in [0.25, 0.3) is 0 Å². The van der Waals surface area contributed by atoms with Crippen molar-refractivity contribution in [2.45, 2.75) is 19.8 Å². The summed E-state index contributed by atoms with van der Waals surface area (Å²) in [7, 11) is 0. The van der Waals surface area contributed by atoms with Gasteiger partial charge in [0.1, 0.15) is 6.61 Å². The number of nitrogens with zero attached hydrogens (tertiary/aromatic N) is 2. The van der Waals surface area contributed by atoms with Crippen molar-refractivity contribution in [3.8, 4) is 0 Å². The number of hydrogen-bond acceptors (Lipinski definition) is 4. The van der Waals surface area contributed by atoms with Crippen molar-refractivity contribution in [3.63, 3.8) is 0 Å². The van der Waals surface area contributed by atoms with Gasteiger partial charge in [-0.25, -0.2) is 0 Å². The second-order valence-corrected chi connectivity index (χ2v) is 3.36. The molecule has 0 unspecified atom stereocenters. The predicted molar refractivity (Wildman–Crippen MR) is 56.6 cm³/mol. The lowest BCUT2D eigenvalue weighted by Gasteiger charge is -2.26. The minimum absolute atomic E-state index is 0.731. The fraction of sp³-hybridized carbons (Fsp3) is 0.900. The van der Waals surface area contributed by atoms with Crippen molar-refractivity contribution in [1.82, 2.24) is 4.90 Å². The average Bonchev–Trinajstić information content (AvgIpc) is 2.25. The lowest BCUT2D eigenvalue weighted by molar-refractivity contribution is 0.0358. The largest absolute Gasteiger partial charge is 0.396 e. The van der Waals surface area contributed by atoms with Gasteiger partial charge in [0.2, 0.25) is 0 Å². The molecule has 0 bridgehead atoms. The van der Waals surface area contributed by atoms with Gasteiger partial charge in [-0.05, 0) is 26.3 Å². The van der Waals surface area contributed by atoms with Crippen LogP contribution in [-0.2, 0) is 9.57 Å². The van der Waals surface area contributed by atoms with Gasteiger partial charge in [-0.2, -0.15) is 0 Å². The molecule has 0 atom stereocenters. The molecule has 4 heteroatoms. The molecule has 4 nitrogen and oxygen atoms in total. The highest BCUT2D eigenvalue weighted by Crippen LogP contribution is 2.00. The molecule has 1 aliphatic rings. The van der Waals surface area contributed by atoms with Gasteiger partial charge in [0, 0.05) is 19.3 Å².